The maximum Gasteiger partial charge on any atom is 0.232 e. The van der Waals surface area contributed by atoms with Crippen LogP contribution >= 0.6 is 8.58 Å². The number of amides is 1. The van der Waals surface area contributed by atoms with Crippen LogP contribution in [0.1, 0.15) is 31.0 Å². The van der Waals surface area contributed by atoms with Crippen LogP contribution in [0.15, 0.2) is 58.6 Å². The third-order valence-electron chi connectivity index (χ3n) is 5.19. The molecule has 2 aliphatic rings. The fraction of sp³-hybridized carbons (Fsp3) is 0.261. The number of nitrogens with one attached hydrogen (secondary N) is 2. The first-order valence-electron chi connectivity index (χ1n) is 10.2. The molecule has 0 radical (unpaired) electrons. The lowest BCUT2D eigenvalue weighted by molar-refractivity contribution is -0.467. The van der Waals surface area contributed by atoms with Crippen molar-refractivity contribution < 1.29 is 18.2 Å². The molecule has 160 valence electrons. The molecule has 1 amide bonds. The molecule has 2 aromatic rings. The number of rotatable bonds is 7. The Morgan fingerprint density at radius 1 is 1.23 bits per heavy atom. The zero-order chi connectivity index (χ0) is 22.0. The number of hydrogen-bond acceptors (Lipinski definition) is 3. The largest absolute Gasteiger partial charge is 0.326 e. The van der Waals surface area contributed by atoms with Crippen molar-refractivity contribution >= 4 is 32.6 Å². The predicted octanol–water partition coefficient (Wildman–Crippen LogP) is 4.17. The van der Waals surface area contributed by atoms with E-state index in [4.69, 9.17) is 0 Å². The summed E-state index contributed by atoms with van der Waals surface area (Å²) in [6.07, 6.45) is 3.93. The number of allylic oxidation sites excluding steroid dienone is 1. The third kappa shape index (κ3) is 5.12. The van der Waals surface area contributed by atoms with Crippen LogP contribution in [-0.4, -0.2) is 35.2 Å². The van der Waals surface area contributed by atoms with E-state index in [9.17, 15) is 13.6 Å². The lowest BCUT2D eigenvalue weighted by Gasteiger charge is -2.25. The van der Waals surface area contributed by atoms with E-state index < -0.39 is 11.6 Å². The minimum atomic E-state index is -0.693. The van der Waals surface area contributed by atoms with Crippen molar-refractivity contribution in [3.63, 3.8) is 0 Å². The first kappa shape index (κ1) is 21.5. The fourth-order valence-electron chi connectivity index (χ4n) is 3.63. The number of anilines is 1. The van der Waals surface area contributed by atoms with Crippen molar-refractivity contribution in [1.82, 2.24) is 5.32 Å². The summed E-state index contributed by atoms with van der Waals surface area (Å²) in [6, 6.07) is 10.8. The second-order valence-corrected chi connectivity index (χ2v) is 8.95. The molecule has 3 unspecified atom stereocenters. The number of carbonyl (C=O) groups is 1. The molecule has 2 heterocycles. The molecule has 4 rings (SSSR count). The fourth-order valence-corrected chi connectivity index (χ4v) is 5.08. The van der Waals surface area contributed by atoms with Gasteiger partial charge in [0, 0.05) is 32.6 Å². The summed E-state index contributed by atoms with van der Waals surface area (Å²) in [4.78, 5) is 16.9. The molecule has 0 saturated carbocycles. The van der Waals surface area contributed by atoms with Gasteiger partial charge in [0.25, 0.3) is 0 Å². The second-order valence-electron chi connectivity index (χ2n) is 7.57. The maximum atomic E-state index is 13.3. The number of hydrogen-bond donors (Lipinski definition) is 2. The zero-order valence-electron chi connectivity index (χ0n) is 17.3. The lowest BCUT2D eigenvalue weighted by Crippen LogP contribution is -2.34. The normalized spacial score (nSPS) is 19.0. The molecule has 3 atom stereocenters. The zero-order valence-corrected chi connectivity index (χ0v) is 18.3. The van der Waals surface area contributed by atoms with Crippen LogP contribution < -0.4 is 10.6 Å². The highest BCUT2D eigenvalue weighted by atomic mass is 31.1. The van der Waals surface area contributed by atoms with Crippen LogP contribution in [0, 0.1) is 11.6 Å². The van der Waals surface area contributed by atoms with Crippen molar-refractivity contribution in [3.05, 3.63) is 76.4 Å². The van der Waals surface area contributed by atoms with E-state index in [1.165, 1.54) is 5.44 Å². The average Bonchev–Trinajstić information content (AvgIpc) is 2.69. The number of carbonyl (C=O) groups excluding carboxylic acids is 1. The van der Waals surface area contributed by atoms with Crippen LogP contribution in [-0.2, 0) is 11.2 Å². The molecule has 0 bridgehead atoms. The number of benzene rings is 2. The summed E-state index contributed by atoms with van der Waals surface area (Å²) in [7, 11) is 0.617. The van der Waals surface area contributed by atoms with Crippen LogP contribution in [0.3, 0.4) is 0 Å². The molecule has 8 heteroatoms. The van der Waals surface area contributed by atoms with Gasteiger partial charge in [0.15, 0.2) is 5.70 Å². The molecule has 0 aromatic heterocycles. The highest BCUT2D eigenvalue weighted by molar-refractivity contribution is 7.44. The van der Waals surface area contributed by atoms with E-state index in [0.717, 1.165) is 36.0 Å². The van der Waals surface area contributed by atoms with Gasteiger partial charge in [-0.05, 0) is 49.2 Å². The van der Waals surface area contributed by atoms with E-state index in [2.05, 4.69) is 40.3 Å². The molecule has 0 aliphatic carbocycles. The van der Waals surface area contributed by atoms with Gasteiger partial charge in [0.1, 0.15) is 18.2 Å². The Morgan fingerprint density at radius 3 is 2.74 bits per heavy atom. The summed E-state index contributed by atoms with van der Waals surface area (Å²) in [5.41, 5.74) is 4.34. The Bertz CT molecular complexity index is 1090. The van der Waals surface area contributed by atoms with Crippen molar-refractivity contribution in [2.24, 2.45) is 4.99 Å². The molecule has 0 spiro atoms. The predicted molar refractivity (Wildman–Crippen MR) is 121 cm³/mol. The van der Waals surface area contributed by atoms with Gasteiger partial charge < -0.3 is 5.32 Å². The number of halogens is 2. The topological polar surface area (TPSA) is 56.5 Å². The van der Waals surface area contributed by atoms with E-state index in [-0.39, 0.29) is 24.2 Å². The van der Waals surface area contributed by atoms with Crippen molar-refractivity contribution in [3.8, 4) is 0 Å². The third-order valence-corrected chi connectivity index (χ3v) is 6.63. The molecule has 0 saturated heterocycles. The monoisotopic (exact) mass is 441 g/mol. The van der Waals surface area contributed by atoms with Crippen LogP contribution in [0.25, 0.3) is 0 Å². The van der Waals surface area contributed by atoms with Crippen molar-refractivity contribution in [2.45, 2.75) is 32.1 Å². The molecular formula is C23H24F2N4OP+. The average molecular weight is 441 g/mol. The Labute approximate surface area is 181 Å². The summed E-state index contributed by atoms with van der Waals surface area (Å²) in [6.45, 7) is 5.15. The van der Waals surface area contributed by atoms with E-state index in [1.807, 2.05) is 24.4 Å². The van der Waals surface area contributed by atoms with Crippen molar-refractivity contribution in [1.29, 1.82) is 0 Å². The van der Waals surface area contributed by atoms with E-state index >= 15 is 0 Å². The van der Waals surface area contributed by atoms with E-state index in [0.29, 0.717) is 19.8 Å². The minimum Gasteiger partial charge on any atom is -0.326 e. The van der Waals surface area contributed by atoms with Gasteiger partial charge >= 0.3 is 0 Å². The van der Waals surface area contributed by atoms with Gasteiger partial charge in [-0.2, -0.15) is 4.58 Å². The van der Waals surface area contributed by atoms with Crippen LogP contribution in [0.2, 0.25) is 0 Å². The molecular weight excluding hydrogens is 417 g/mol. The van der Waals surface area contributed by atoms with Gasteiger partial charge in [-0.25, -0.2) is 13.8 Å². The summed E-state index contributed by atoms with van der Waals surface area (Å²) >= 11 is 0. The van der Waals surface area contributed by atoms with Gasteiger partial charge in [0.05, 0.1) is 12.2 Å². The maximum absolute atomic E-state index is 13.3. The highest BCUT2D eigenvalue weighted by Gasteiger charge is 2.33. The van der Waals surface area contributed by atoms with E-state index in [1.54, 1.807) is 6.07 Å². The lowest BCUT2D eigenvalue weighted by atomic mass is 10.1. The van der Waals surface area contributed by atoms with Crippen molar-refractivity contribution in [2.75, 3.05) is 11.9 Å². The standard InChI is InChI=1S/C23H23F2N4OP/c1-3-29-13-20-23(29)31-22(12-26-20)27-14(2)16-5-4-6-19(10-16)28-21(30)9-15-7-17(24)11-18(25)8-15/h4-8,10-14,22,27,31H,3,9H2,1-2H3/p+1. The first-order valence-corrected chi connectivity index (χ1v) is 11.3. The quantitative estimate of drug-likeness (QED) is 0.501. The van der Waals surface area contributed by atoms with Gasteiger partial charge in [-0.3, -0.25) is 10.1 Å². The Kier molecular flexibility index (Phi) is 6.35. The summed E-state index contributed by atoms with van der Waals surface area (Å²) in [5, 5.41) is 6.40. The first-order chi connectivity index (χ1) is 14.9. The molecule has 2 aliphatic heterocycles. The van der Waals surface area contributed by atoms with Gasteiger partial charge in [-0.15, -0.1) is 0 Å². The second kappa shape index (κ2) is 9.16. The SMILES string of the molecule is CC[N+]1=CC2=C1PC(NC(C)c1cccc(NC(=O)Cc3cc(F)cc(F)c3)c1)C=N2. The van der Waals surface area contributed by atoms with Gasteiger partial charge in [0.2, 0.25) is 17.6 Å². The molecule has 2 N–H and O–H groups in total. The van der Waals surface area contributed by atoms with Gasteiger partial charge in [-0.1, -0.05) is 12.1 Å². The summed E-state index contributed by atoms with van der Waals surface area (Å²) in [5.74, 6) is -1.55. The van der Waals surface area contributed by atoms with Crippen LogP contribution in [0.5, 0.6) is 0 Å². The van der Waals surface area contributed by atoms with Crippen LogP contribution in [0.4, 0.5) is 14.5 Å². The Hall–Kier alpha value is -2.76. The number of nitrogens with zero attached hydrogens (tertiary/aromatic N) is 2. The minimum absolute atomic E-state index is 0.0550. The Morgan fingerprint density at radius 2 is 2.00 bits per heavy atom. The molecule has 31 heavy (non-hydrogen) atoms. The molecule has 0 fully saturated rings. The summed E-state index contributed by atoms with van der Waals surface area (Å²) < 4.78 is 28.9. The number of aliphatic imine (C=N–C) groups is 1. The molecule has 5 nitrogen and oxygen atoms in total. The smallest absolute Gasteiger partial charge is 0.232 e. The molecule has 2 aromatic carbocycles. The highest BCUT2D eigenvalue weighted by Crippen LogP contribution is 2.38. The Balaban J connectivity index is 1.35.